The monoisotopic (exact) mass is 457 g/mol. The van der Waals surface area contributed by atoms with E-state index in [1.165, 1.54) is 22.8 Å². The summed E-state index contributed by atoms with van der Waals surface area (Å²) >= 11 is 1.69. The number of hydrogen-bond donors (Lipinski definition) is 1. The second-order valence-corrected chi connectivity index (χ2v) is 9.07. The van der Waals surface area contributed by atoms with Crippen LogP contribution in [0.5, 0.6) is 5.75 Å². The van der Waals surface area contributed by atoms with Crippen molar-refractivity contribution in [3.05, 3.63) is 63.7 Å². The molecule has 3 aromatic heterocycles. The molecule has 0 amide bonds. The Labute approximate surface area is 188 Å². The van der Waals surface area contributed by atoms with Crippen LogP contribution in [0.3, 0.4) is 0 Å². The second kappa shape index (κ2) is 9.05. The molecule has 5 heterocycles. The fourth-order valence-electron chi connectivity index (χ4n) is 4.29. The fraction of sp³-hybridized carbons (Fsp3) is 0.409. The predicted octanol–water partition coefficient (Wildman–Crippen LogP) is 1.87. The normalized spacial score (nSPS) is 16.9. The van der Waals surface area contributed by atoms with Gasteiger partial charge < -0.3 is 24.7 Å². The Morgan fingerprint density at radius 3 is 2.97 bits per heavy atom. The van der Waals surface area contributed by atoms with Crippen LogP contribution in [0.4, 0.5) is 4.39 Å². The number of rotatable bonds is 6. The van der Waals surface area contributed by atoms with Gasteiger partial charge in [0, 0.05) is 43.9 Å². The van der Waals surface area contributed by atoms with Gasteiger partial charge in [0.05, 0.1) is 16.8 Å². The molecule has 0 aliphatic carbocycles. The van der Waals surface area contributed by atoms with Crippen LogP contribution < -0.4 is 20.3 Å². The molecule has 5 rings (SSSR count). The molecule has 1 fully saturated rings. The number of hydrogen-bond acceptors (Lipinski definition) is 7. The largest absolute Gasteiger partial charge is 0.618 e. The molecule has 2 aliphatic heterocycles. The predicted molar refractivity (Wildman–Crippen MR) is 119 cm³/mol. The summed E-state index contributed by atoms with van der Waals surface area (Å²) in [5.74, 6) is 0.871. The number of halogens is 1. The Morgan fingerprint density at radius 2 is 2.12 bits per heavy atom. The fourth-order valence-corrected chi connectivity index (χ4v) is 5.08. The summed E-state index contributed by atoms with van der Waals surface area (Å²) in [6.07, 6.45) is 4.68. The number of pyridine rings is 3. The highest BCUT2D eigenvalue weighted by atomic mass is 32.2. The van der Waals surface area contributed by atoms with E-state index in [0.29, 0.717) is 40.8 Å². The van der Waals surface area contributed by atoms with Crippen LogP contribution in [0, 0.1) is 11.0 Å². The van der Waals surface area contributed by atoms with Crippen molar-refractivity contribution in [2.24, 2.45) is 0 Å². The SMILES string of the molecule is O=c1ccc2c(cc(F)c[n+]2[O-])n1CCN1CCC(NCc2cc3c(cn2)OCS3)CC1. The number of piperidine rings is 1. The highest BCUT2D eigenvalue weighted by Gasteiger charge is 2.20. The summed E-state index contributed by atoms with van der Waals surface area (Å²) in [6.45, 7) is 3.63. The van der Waals surface area contributed by atoms with Crippen LogP contribution >= 0.6 is 11.8 Å². The maximum Gasteiger partial charge on any atom is 0.251 e. The van der Waals surface area contributed by atoms with Crippen LogP contribution in [0.25, 0.3) is 11.0 Å². The van der Waals surface area contributed by atoms with Crippen molar-refractivity contribution in [1.82, 2.24) is 19.8 Å². The molecule has 0 radical (unpaired) electrons. The van der Waals surface area contributed by atoms with E-state index in [0.717, 1.165) is 55.0 Å². The van der Waals surface area contributed by atoms with Gasteiger partial charge in [0.25, 0.3) is 5.56 Å². The minimum Gasteiger partial charge on any atom is -0.618 e. The van der Waals surface area contributed by atoms with E-state index in [-0.39, 0.29) is 5.56 Å². The van der Waals surface area contributed by atoms with Crippen LogP contribution in [0.1, 0.15) is 18.5 Å². The first-order chi connectivity index (χ1) is 15.6. The van der Waals surface area contributed by atoms with Gasteiger partial charge in [-0.15, -0.1) is 0 Å². The lowest BCUT2D eigenvalue weighted by Crippen LogP contribution is -2.43. The van der Waals surface area contributed by atoms with Crippen molar-refractivity contribution in [3.8, 4) is 5.75 Å². The van der Waals surface area contributed by atoms with E-state index >= 15 is 0 Å². The van der Waals surface area contributed by atoms with Gasteiger partial charge in [-0.25, -0.2) is 4.39 Å². The number of nitrogens with one attached hydrogen (secondary N) is 1. The van der Waals surface area contributed by atoms with Gasteiger partial charge >= 0.3 is 0 Å². The van der Waals surface area contributed by atoms with Crippen molar-refractivity contribution in [1.29, 1.82) is 0 Å². The first-order valence-electron chi connectivity index (χ1n) is 10.7. The maximum atomic E-state index is 13.7. The summed E-state index contributed by atoms with van der Waals surface area (Å²) in [7, 11) is 0. The summed E-state index contributed by atoms with van der Waals surface area (Å²) in [5.41, 5.74) is 1.40. The molecule has 0 aromatic carbocycles. The Hall–Kier alpha value is -2.69. The highest BCUT2D eigenvalue weighted by molar-refractivity contribution is 7.99. The summed E-state index contributed by atoms with van der Waals surface area (Å²) < 4.78 is 21.2. The summed E-state index contributed by atoms with van der Waals surface area (Å²) in [5, 5.41) is 15.6. The topological polar surface area (TPSA) is 86.3 Å². The van der Waals surface area contributed by atoms with Crippen molar-refractivity contribution >= 4 is 22.8 Å². The minimum absolute atomic E-state index is 0.231. The van der Waals surface area contributed by atoms with Crippen molar-refractivity contribution in [2.75, 3.05) is 25.6 Å². The molecule has 0 saturated carbocycles. The molecule has 2 aliphatic rings. The zero-order valence-electron chi connectivity index (χ0n) is 17.5. The van der Waals surface area contributed by atoms with Gasteiger partial charge in [-0.1, -0.05) is 11.8 Å². The molecular formula is C22H24FN5O3S. The van der Waals surface area contributed by atoms with Crippen LogP contribution in [-0.2, 0) is 13.1 Å². The molecule has 3 aromatic rings. The second-order valence-electron chi connectivity index (χ2n) is 8.10. The molecule has 1 N–H and O–H groups in total. The van der Waals surface area contributed by atoms with E-state index in [9.17, 15) is 14.4 Å². The van der Waals surface area contributed by atoms with Crippen molar-refractivity contribution in [2.45, 2.75) is 36.9 Å². The third kappa shape index (κ3) is 4.43. The third-order valence-corrected chi connectivity index (χ3v) is 6.94. The molecule has 1 saturated heterocycles. The number of likely N-dealkylation sites (tertiary alicyclic amines) is 1. The molecular weight excluding hydrogens is 433 g/mol. The summed E-state index contributed by atoms with van der Waals surface area (Å²) in [4.78, 5) is 20.3. The highest BCUT2D eigenvalue weighted by Crippen LogP contribution is 2.35. The van der Waals surface area contributed by atoms with Gasteiger partial charge in [0.15, 0.2) is 11.6 Å². The van der Waals surface area contributed by atoms with Gasteiger partial charge in [0.1, 0.15) is 11.5 Å². The number of ether oxygens (including phenoxy) is 1. The number of aromatic nitrogens is 3. The zero-order valence-corrected chi connectivity index (χ0v) is 18.3. The van der Waals surface area contributed by atoms with E-state index in [4.69, 9.17) is 4.74 Å². The van der Waals surface area contributed by atoms with Gasteiger partial charge in [-0.05, 0) is 32.0 Å². The molecule has 10 heteroatoms. The lowest BCUT2D eigenvalue weighted by atomic mass is 10.0. The molecule has 0 unspecified atom stereocenters. The average Bonchev–Trinajstić information content (AvgIpc) is 3.25. The lowest BCUT2D eigenvalue weighted by Gasteiger charge is -2.32. The smallest absolute Gasteiger partial charge is 0.251 e. The standard InChI is InChI=1S/C22H24FN5O3S/c23-15-9-19-18(28(30)13-15)1-2-22(29)27(19)8-7-26-5-3-16(4-6-26)24-11-17-10-21-20(12-25-17)31-14-32-21/h1-2,9-10,12-13,16,24H,3-8,11,14H2. The molecule has 0 spiro atoms. The zero-order chi connectivity index (χ0) is 22.1. The van der Waals surface area contributed by atoms with Gasteiger partial charge in [-0.2, -0.15) is 4.73 Å². The van der Waals surface area contributed by atoms with E-state index in [1.807, 2.05) is 0 Å². The van der Waals surface area contributed by atoms with Gasteiger partial charge in [0.2, 0.25) is 11.7 Å². The number of nitrogens with zero attached hydrogens (tertiary/aromatic N) is 4. The summed E-state index contributed by atoms with van der Waals surface area (Å²) in [6, 6.07) is 6.56. The van der Waals surface area contributed by atoms with Crippen LogP contribution in [-0.4, -0.2) is 46.1 Å². The third-order valence-electron chi connectivity index (χ3n) is 6.07. The molecule has 168 valence electrons. The van der Waals surface area contributed by atoms with E-state index in [1.54, 1.807) is 18.0 Å². The Morgan fingerprint density at radius 1 is 1.28 bits per heavy atom. The Balaban J connectivity index is 1.15. The van der Waals surface area contributed by atoms with E-state index in [2.05, 4.69) is 21.3 Å². The Kier molecular flexibility index (Phi) is 5.99. The average molecular weight is 458 g/mol. The van der Waals surface area contributed by atoms with Crippen molar-refractivity contribution < 1.29 is 13.9 Å². The van der Waals surface area contributed by atoms with E-state index < -0.39 is 5.82 Å². The van der Waals surface area contributed by atoms with Crippen LogP contribution in [0.15, 0.2) is 46.3 Å². The maximum absolute atomic E-state index is 13.7. The molecule has 0 bridgehead atoms. The van der Waals surface area contributed by atoms with Crippen molar-refractivity contribution in [3.63, 3.8) is 0 Å². The minimum atomic E-state index is -0.650. The van der Waals surface area contributed by atoms with Gasteiger partial charge in [-0.3, -0.25) is 9.78 Å². The molecule has 32 heavy (non-hydrogen) atoms. The number of fused-ring (bicyclic) bond motifs is 2. The quantitative estimate of drug-likeness (QED) is 0.447. The number of thioether (sulfide) groups is 1. The first kappa shape index (κ1) is 21.2. The molecule has 0 atom stereocenters. The Bertz CT molecular complexity index is 1200. The first-order valence-corrected chi connectivity index (χ1v) is 11.7. The van der Waals surface area contributed by atoms with Crippen LogP contribution in [0.2, 0.25) is 0 Å². The molecule has 8 nitrogen and oxygen atoms in total. The lowest BCUT2D eigenvalue weighted by molar-refractivity contribution is -0.578.